The lowest BCUT2D eigenvalue weighted by molar-refractivity contribution is -0.117. The molecule has 0 spiro atoms. The molecule has 4 aromatic rings. The van der Waals surface area contributed by atoms with Crippen molar-refractivity contribution in [3.8, 4) is 11.1 Å². The van der Waals surface area contributed by atoms with Crippen LogP contribution in [0.3, 0.4) is 0 Å². The van der Waals surface area contributed by atoms with E-state index >= 15 is 0 Å². The van der Waals surface area contributed by atoms with Crippen molar-refractivity contribution in [2.45, 2.75) is 45.6 Å². The highest BCUT2D eigenvalue weighted by atomic mass is 16.2. The van der Waals surface area contributed by atoms with Crippen molar-refractivity contribution < 1.29 is 14.4 Å². The Morgan fingerprint density at radius 2 is 1.74 bits per heavy atom. The molecular formula is C28H29N7O3. The van der Waals surface area contributed by atoms with Gasteiger partial charge in [0.25, 0.3) is 11.8 Å². The fraction of sp³-hybridized carbons (Fsp3) is 0.286. The van der Waals surface area contributed by atoms with Crippen LogP contribution in [0, 0.1) is 5.92 Å². The summed E-state index contributed by atoms with van der Waals surface area (Å²) in [7, 11) is 0. The summed E-state index contributed by atoms with van der Waals surface area (Å²) in [6.45, 7) is 4.04. The first kappa shape index (κ1) is 25.1. The standard InChI is InChI=1S/C28H29N7O3/c1-3-19(4-2)31-27(37)24-10-8-20(15-30-24)32-28(38)25-22-12-17(7-9-23(22)34-35-25)18-11-21(14-29-13-18)33-26(36)16-5-6-16/h7-16,19H,3-6H2,1-2H3,(H,31,37)(H,32,38)(H,33,36)(H,34,35). The van der Waals surface area contributed by atoms with Crippen LogP contribution in [0.2, 0.25) is 0 Å². The van der Waals surface area contributed by atoms with Gasteiger partial charge in [0.2, 0.25) is 5.91 Å². The highest BCUT2D eigenvalue weighted by Crippen LogP contribution is 2.31. The SMILES string of the molecule is CCC(CC)NC(=O)c1ccc(NC(=O)c2n[nH]c3ccc(-c4cncc(NC(=O)C5CC5)c4)cc23)cn1. The maximum Gasteiger partial charge on any atom is 0.276 e. The van der Waals surface area contributed by atoms with Crippen LogP contribution in [0.4, 0.5) is 11.4 Å². The predicted molar refractivity (Wildman–Crippen MR) is 145 cm³/mol. The van der Waals surface area contributed by atoms with Gasteiger partial charge in [-0.05, 0) is 61.6 Å². The van der Waals surface area contributed by atoms with Crippen LogP contribution in [-0.4, -0.2) is 43.9 Å². The van der Waals surface area contributed by atoms with Gasteiger partial charge in [-0.2, -0.15) is 5.10 Å². The number of amides is 3. The summed E-state index contributed by atoms with van der Waals surface area (Å²) < 4.78 is 0. The quantitative estimate of drug-likeness (QED) is 0.260. The van der Waals surface area contributed by atoms with E-state index in [0.29, 0.717) is 22.3 Å². The van der Waals surface area contributed by atoms with E-state index in [2.05, 4.69) is 36.1 Å². The van der Waals surface area contributed by atoms with Crippen LogP contribution in [0.5, 0.6) is 0 Å². The summed E-state index contributed by atoms with van der Waals surface area (Å²) >= 11 is 0. The van der Waals surface area contributed by atoms with E-state index in [1.165, 1.54) is 6.20 Å². The highest BCUT2D eigenvalue weighted by Gasteiger charge is 2.29. The zero-order valence-corrected chi connectivity index (χ0v) is 21.2. The van der Waals surface area contributed by atoms with Gasteiger partial charge in [-0.1, -0.05) is 19.9 Å². The summed E-state index contributed by atoms with van der Waals surface area (Å²) in [4.78, 5) is 46.1. The second kappa shape index (κ2) is 10.8. The van der Waals surface area contributed by atoms with Crippen molar-refractivity contribution in [1.82, 2.24) is 25.5 Å². The maximum atomic E-state index is 13.1. The van der Waals surface area contributed by atoms with E-state index < -0.39 is 5.91 Å². The zero-order chi connectivity index (χ0) is 26.6. The van der Waals surface area contributed by atoms with Gasteiger partial charge >= 0.3 is 0 Å². The Labute approximate surface area is 219 Å². The molecule has 3 heterocycles. The van der Waals surface area contributed by atoms with E-state index in [9.17, 15) is 14.4 Å². The molecule has 1 aliphatic carbocycles. The number of benzene rings is 1. The van der Waals surface area contributed by atoms with E-state index in [0.717, 1.165) is 36.8 Å². The first-order valence-electron chi connectivity index (χ1n) is 12.8. The molecule has 0 aliphatic heterocycles. The Morgan fingerprint density at radius 3 is 2.45 bits per heavy atom. The Bertz CT molecular complexity index is 1490. The van der Waals surface area contributed by atoms with E-state index in [1.807, 2.05) is 38.1 Å². The summed E-state index contributed by atoms with van der Waals surface area (Å²) in [5.41, 5.74) is 3.94. The molecule has 3 aromatic heterocycles. The normalized spacial score (nSPS) is 12.9. The van der Waals surface area contributed by atoms with Crippen molar-refractivity contribution in [2.24, 2.45) is 5.92 Å². The molecule has 10 nitrogen and oxygen atoms in total. The van der Waals surface area contributed by atoms with E-state index in [1.54, 1.807) is 24.5 Å². The van der Waals surface area contributed by atoms with Crippen LogP contribution in [-0.2, 0) is 4.79 Å². The Kier molecular flexibility index (Phi) is 7.12. The highest BCUT2D eigenvalue weighted by molar-refractivity contribution is 6.11. The van der Waals surface area contributed by atoms with Crippen molar-refractivity contribution >= 4 is 40.0 Å². The van der Waals surface area contributed by atoms with Crippen LogP contribution in [0.1, 0.15) is 60.5 Å². The average Bonchev–Trinajstić information content (AvgIpc) is 3.71. The molecule has 10 heteroatoms. The molecule has 1 saturated carbocycles. The maximum absolute atomic E-state index is 13.1. The van der Waals surface area contributed by atoms with Gasteiger partial charge in [-0.15, -0.1) is 0 Å². The molecule has 1 aromatic carbocycles. The number of H-pyrrole nitrogens is 1. The lowest BCUT2D eigenvalue weighted by atomic mass is 10.0. The van der Waals surface area contributed by atoms with Gasteiger partial charge in [-0.3, -0.25) is 24.5 Å². The van der Waals surface area contributed by atoms with Crippen LogP contribution < -0.4 is 16.0 Å². The average molecular weight is 512 g/mol. The number of rotatable bonds is 9. The molecule has 0 unspecified atom stereocenters. The number of anilines is 2. The lowest BCUT2D eigenvalue weighted by Gasteiger charge is -2.14. The molecular weight excluding hydrogens is 482 g/mol. The van der Waals surface area contributed by atoms with Crippen molar-refractivity contribution in [2.75, 3.05) is 10.6 Å². The molecule has 1 fully saturated rings. The monoisotopic (exact) mass is 511 g/mol. The van der Waals surface area contributed by atoms with Gasteiger partial charge in [0.1, 0.15) is 5.69 Å². The van der Waals surface area contributed by atoms with E-state index in [-0.39, 0.29) is 35.2 Å². The van der Waals surface area contributed by atoms with Gasteiger partial charge < -0.3 is 16.0 Å². The third kappa shape index (κ3) is 5.54. The number of hydrogen-bond donors (Lipinski definition) is 4. The summed E-state index contributed by atoms with van der Waals surface area (Å²) in [5.74, 6) is -0.538. The van der Waals surface area contributed by atoms with Crippen LogP contribution in [0.25, 0.3) is 22.0 Å². The summed E-state index contributed by atoms with van der Waals surface area (Å²) in [6, 6.07) is 10.8. The minimum atomic E-state index is -0.409. The minimum Gasteiger partial charge on any atom is -0.348 e. The zero-order valence-electron chi connectivity index (χ0n) is 21.2. The fourth-order valence-corrected chi connectivity index (χ4v) is 4.17. The first-order valence-corrected chi connectivity index (χ1v) is 12.8. The topological polar surface area (TPSA) is 142 Å². The minimum absolute atomic E-state index is 0.0162. The summed E-state index contributed by atoms with van der Waals surface area (Å²) in [5, 5.41) is 16.4. The molecule has 194 valence electrons. The third-order valence-electron chi connectivity index (χ3n) is 6.64. The summed E-state index contributed by atoms with van der Waals surface area (Å²) in [6.07, 6.45) is 8.31. The third-order valence-corrected chi connectivity index (χ3v) is 6.64. The number of carbonyl (C=O) groups excluding carboxylic acids is 3. The second-order valence-electron chi connectivity index (χ2n) is 9.43. The number of carbonyl (C=O) groups is 3. The molecule has 0 radical (unpaired) electrons. The molecule has 4 N–H and O–H groups in total. The number of aromatic nitrogens is 4. The first-order chi connectivity index (χ1) is 18.4. The van der Waals surface area contributed by atoms with Crippen molar-refractivity contribution in [3.63, 3.8) is 0 Å². The fourth-order valence-electron chi connectivity index (χ4n) is 4.17. The Balaban J connectivity index is 1.31. The second-order valence-corrected chi connectivity index (χ2v) is 9.43. The smallest absolute Gasteiger partial charge is 0.276 e. The molecule has 1 aliphatic rings. The molecule has 38 heavy (non-hydrogen) atoms. The van der Waals surface area contributed by atoms with Crippen LogP contribution in [0.15, 0.2) is 55.0 Å². The number of nitrogens with one attached hydrogen (secondary N) is 4. The number of nitrogens with zero attached hydrogens (tertiary/aromatic N) is 3. The predicted octanol–water partition coefficient (Wildman–Crippen LogP) is 4.54. The Hall–Kier alpha value is -4.60. The largest absolute Gasteiger partial charge is 0.348 e. The number of fused-ring (bicyclic) bond motifs is 1. The van der Waals surface area contributed by atoms with Crippen molar-refractivity contribution in [3.05, 3.63) is 66.4 Å². The number of pyridine rings is 2. The molecule has 0 saturated heterocycles. The number of hydrogen-bond acceptors (Lipinski definition) is 6. The van der Waals surface area contributed by atoms with Crippen LogP contribution >= 0.6 is 0 Å². The van der Waals surface area contributed by atoms with Gasteiger partial charge in [0, 0.05) is 29.1 Å². The van der Waals surface area contributed by atoms with Gasteiger partial charge in [0.15, 0.2) is 5.69 Å². The molecule has 0 atom stereocenters. The molecule has 5 rings (SSSR count). The van der Waals surface area contributed by atoms with Gasteiger partial charge in [-0.25, -0.2) is 4.98 Å². The molecule has 0 bridgehead atoms. The number of aromatic amines is 1. The van der Waals surface area contributed by atoms with Crippen molar-refractivity contribution in [1.29, 1.82) is 0 Å². The van der Waals surface area contributed by atoms with Gasteiger partial charge in [0.05, 0.1) is 29.3 Å². The molecule has 3 amide bonds. The van der Waals surface area contributed by atoms with E-state index in [4.69, 9.17) is 0 Å². The lowest BCUT2D eigenvalue weighted by Crippen LogP contribution is -2.34. The Morgan fingerprint density at radius 1 is 0.921 bits per heavy atom.